The van der Waals surface area contributed by atoms with Gasteiger partial charge >= 0.3 is 6.01 Å². The van der Waals surface area contributed by atoms with Crippen molar-refractivity contribution in [2.45, 2.75) is 0 Å². The Hall–Kier alpha value is -5.35. The van der Waals surface area contributed by atoms with Crippen LogP contribution >= 0.6 is 0 Å². The highest BCUT2D eigenvalue weighted by molar-refractivity contribution is 6.27. The van der Waals surface area contributed by atoms with Crippen LogP contribution in [0.15, 0.2) is 132 Å². The van der Waals surface area contributed by atoms with Crippen molar-refractivity contribution < 1.29 is 4.42 Å². The SMILES string of the molecule is c1ccc(-n2c3ccccc3c3c4ccc5c6ccccc6n(-c6nc7ccccc7o6)c5c4ccc32)cc1. The maximum absolute atomic E-state index is 6.34. The first kappa shape index (κ1) is 20.7. The van der Waals surface area contributed by atoms with Gasteiger partial charge in [-0.15, -0.1) is 0 Å². The van der Waals surface area contributed by atoms with E-state index in [1.807, 2.05) is 24.3 Å². The van der Waals surface area contributed by atoms with Gasteiger partial charge in [0.25, 0.3) is 0 Å². The van der Waals surface area contributed by atoms with E-state index in [-0.39, 0.29) is 0 Å². The van der Waals surface area contributed by atoms with Gasteiger partial charge in [0.2, 0.25) is 0 Å². The molecule has 0 N–H and O–H groups in total. The van der Waals surface area contributed by atoms with E-state index < -0.39 is 0 Å². The van der Waals surface area contributed by atoms with Crippen LogP contribution in [0, 0.1) is 0 Å². The third-order valence-corrected chi connectivity index (χ3v) is 7.95. The van der Waals surface area contributed by atoms with E-state index >= 15 is 0 Å². The lowest BCUT2D eigenvalue weighted by molar-refractivity contribution is 0.574. The molecule has 0 aliphatic heterocycles. The molecule has 182 valence electrons. The van der Waals surface area contributed by atoms with Gasteiger partial charge in [0.15, 0.2) is 5.58 Å². The van der Waals surface area contributed by atoms with Crippen molar-refractivity contribution >= 4 is 65.5 Å². The summed E-state index contributed by atoms with van der Waals surface area (Å²) in [6.45, 7) is 0. The van der Waals surface area contributed by atoms with Gasteiger partial charge in [0, 0.05) is 32.6 Å². The van der Waals surface area contributed by atoms with Crippen LogP contribution in [0.25, 0.3) is 77.2 Å². The summed E-state index contributed by atoms with van der Waals surface area (Å²) in [7, 11) is 0. The van der Waals surface area contributed by atoms with Crippen LogP contribution in [0.5, 0.6) is 0 Å². The summed E-state index contributed by atoms with van der Waals surface area (Å²) in [4.78, 5) is 4.91. The van der Waals surface area contributed by atoms with Gasteiger partial charge < -0.3 is 8.98 Å². The van der Waals surface area contributed by atoms with Gasteiger partial charge in [-0.05, 0) is 47.9 Å². The zero-order valence-electron chi connectivity index (χ0n) is 20.9. The zero-order chi connectivity index (χ0) is 25.5. The van der Waals surface area contributed by atoms with Crippen molar-refractivity contribution in [3.05, 3.63) is 127 Å². The summed E-state index contributed by atoms with van der Waals surface area (Å²) in [6, 6.07) is 45.4. The Morgan fingerprint density at radius 1 is 0.462 bits per heavy atom. The predicted molar refractivity (Wildman–Crippen MR) is 160 cm³/mol. The number of benzene rings is 6. The molecule has 0 saturated heterocycles. The van der Waals surface area contributed by atoms with E-state index in [2.05, 4.69) is 112 Å². The average Bonchev–Trinajstić information content (AvgIpc) is 3.67. The monoisotopic (exact) mass is 499 g/mol. The number of hydrogen-bond acceptors (Lipinski definition) is 2. The lowest BCUT2D eigenvalue weighted by Crippen LogP contribution is -1.95. The molecule has 0 bridgehead atoms. The first-order valence-electron chi connectivity index (χ1n) is 13.2. The molecule has 0 fully saturated rings. The van der Waals surface area contributed by atoms with Crippen molar-refractivity contribution in [2.24, 2.45) is 0 Å². The maximum atomic E-state index is 6.34. The van der Waals surface area contributed by atoms with Crippen molar-refractivity contribution in [1.29, 1.82) is 0 Å². The third kappa shape index (κ3) is 2.75. The Morgan fingerprint density at radius 2 is 1.10 bits per heavy atom. The molecule has 0 aliphatic carbocycles. The molecule has 6 aromatic carbocycles. The summed E-state index contributed by atoms with van der Waals surface area (Å²) in [6.07, 6.45) is 0. The van der Waals surface area contributed by atoms with Crippen LogP contribution in [-0.4, -0.2) is 14.1 Å². The van der Waals surface area contributed by atoms with Crippen molar-refractivity contribution in [3.8, 4) is 11.7 Å². The molecular formula is C35H21N3O. The smallest absolute Gasteiger partial charge is 0.307 e. The van der Waals surface area contributed by atoms with Gasteiger partial charge in [-0.2, -0.15) is 4.98 Å². The van der Waals surface area contributed by atoms with Crippen molar-refractivity contribution in [2.75, 3.05) is 0 Å². The molecular weight excluding hydrogens is 478 g/mol. The Bertz CT molecular complexity index is 2360. The van der Waals surface area contributed by atoms with Crippen molar-refractivity contribution in [3.63, 3.8) is 0 Å². The molecule has 0 aliphatic rings. The minimum Gasteiger partial charge on any atom is -0.423 e. The van der Waals surface area contributed by atoms with Gasteiger partial charge in [-0.25, -0.2) is 0 Å². The second-order valence-electron chi connectivity index (χ2n) is 10.0. The highest BCUT2D eigenvalue weighted by Crippen LogP contribution is 2.42. The van der Waals surface area contributed by atoms with Crippen LogP contribution in [0.3, 0.4) is 0 Å². The van der Waals surface area contributed by atoms with Crippen LogP contribution in [-0.2, 0) is 0 Å². The summed E-state index contributed by atoms with van der Waals surface area (Å²) in [5.74, 6) is 0. The molecule has 4 nitrogen and oxygen atoms in total. The molecule has 0 amide bonds. The Morgan fingerprint density at radius 3 is 1.95 bits per heavy atom. The quantitative estimate of drug-likeness (QED) is 0.238. The van der Waals surface area contributed by atoms with E-state index in [1.165, 1.54) is 43.4 Å². The van der Waals surface area contributed by atoms with Crippen LogP contribution in [0.1, 0.15) is 0 Å². The first-order valence-corrected chi connectivity index (χ1v) is 13.2. The lowest BCUT2D eigenvalue weighted by Gasteiger charge is -2.09. The van der Waals surface area contributed by atoms with E-state index in [0.717, 1.165) is 27.8 Å². The largest absolute Gasteiger partial charge is 0.423 e. The van der Waals surface area contributed by atoms with Crippen LogP contribution in [0.2, 0.25) is 0 Å². The van der Waals surface area contributed by atoms with Gasteiger partial charge in [0.05, 0.1) is 22.1 Å². The Labute approximate surface area is 222 Å². The molecule has 4 heteroatoms. The van der Waals surface area contributed by atoms with Gasteiger partial charge in [-0.1, -0.05) is 84.9 Å². The van der Waals surface area contributed by atoms with E-state index in [0.29, 0.717) is 6.01 Å². The van der Waals surface area contributed by atoms with E-state index in [4.69, 9.17) is 9.40 Å². The van der Waals surface area contributed by atoms with Crippen LogP contribution < -0.4 is 0 Å². The predicted octanol–water partition coefficient (Wildman–Crippen LogP) is 9.18. The van der Waals surface area contributed by atoms with Crippen LogP contribution in [0.4, 0.5) is 0 Å². The van der Waals surface area contributed by atoms with E-state index in [9.17, 15) is 0 Å². The fourth-order valence-corrected chi connectivity index (χ4v) is 6.34. The first-order chi connectivity index (χ1) is 19.4. The number of rotatable bonds is 2. The van der Waals surface area contributed by atoms with E-state index in [1.54, 1.807) is 0 Å². The summed E-state index contributed by atoms with van der Waals surface area (Å²) in [5, 5.41) is 7.25. The summed E-state index contributed by atoms with van der Waals surface area (Å²) < 4.78 is 10.9. The fraction of sp³-hybridized carbons (Fsp3) is 0. The van der Waals surface area contributed by atoms with Gasteiger partial charge in [-0.3, -0.25) is 4.57 Å². The van der Waals surface area contributed by atoms with Gasteiger partial charge in [0.1, 0.15) is 5.52 Å². The molecule has 0 atom stereocenters. The third-order valence-electron chi connectivity index (χ3n) is 7.95. The second-order valence-corrected chi connectivity index (χ2v) is 10.0. The number of aromatic nitrogens is 3. The van der Waals surface area contributed by atoms with Crippen molar-refractivity contribution in [1.82, 2.24) is 14.1 Å². The normalized spacial score (nSPS) is 12.1. The second kappa shape index (κ2) is 7.59. The topological polar surface area (TPSA) is 35.9 Å². The molecule has 0 radical (unpaired) electrons. The minimum absolute atomic E-state index is 0.585. The highest BCUT2D eigenvalue weighted by Gasteiger charge is 2.21. The molecule has 0 unspecified atom stereocenters. The highest BCUT2D eigenvalue weighted by atomic mass is 16.4. The molecule has 3 heterocycles. The molecule has 9 aromatic rings. The molecule has 39 heavy (non-hydrogen) atoms. The number of para-hydroxylation sites is 5. The Balaban J connectivity index is 1.48. The number of fused-ring (bicyclic) bond motifs is 10. The lowest BCUT2D eigenvalue weighted by atomic mass is 10.0. The minimum atomic E-state index is 0.585. The fourth-order valence-electron chi connectivity index (χ4n) is 6.34. The summed E-state index contributed by atoms with van der Waals surface area (Å²) in [5.41, 5.74) is 7.38. The number of hydrogen-bond donors (Lipinski definition) is 0. The summed E-state index contributed by atoms with van der Waals surface area (Å²) >= 11 is 0. The molecule has 0 spiro atoms. The number of nitrogens with zero attached hydrogens (tertiary/aromatic N) is 3. The molecule has 3 aromatic heterocycles. The molecule has 0 saturated carbocycles. The zero-order valence-corrected chi connectivity index (χ0v) is 20.9. The average molecular weight is 500 g/mol. The maximum Gasteiger partial charge on any atom is 0.307 e. The molecule has 9 rings (SSSR count). The standard InChI is InChI=1S/C35H21N3O/c1-2-10-22(11-3-1)37-30-16-8-5-13-27(30)33-24-18-19-25-23-12-4-7-15-29(23)38(34(25)26(24)20-21-31(33)37)35-36-28-14-6-9-17-32(28)39-35/h1-21H. The Kier molecular flexibility index (Phi) is 4.02. The number of oxazole rings is 1.